The molecule has 67 heavy (non-hydrogen) atoms. The fraction of sp³-hybridized carbons (Fsp3) is 0.656. The molecule has 0 N–H and O–H groups in total. The van der Waals surface area contributed by atoms with Crippen LogP contribution in [-0.2, 0) is 28.6 Å². The lowest BCUT2D eigenvalue weighted by molar-refractivity contribution is -0.167. The molecule has 0 heterocycles. The number of unbranched alkanes of at least 4 members (excludes halogenated alkanes) is 25. The third kappa shape index (κ3) is 52.9. The molecule has 0 aromatic heterocycles. The molecule has 0 aliphatic rings. The Labute approximate surface area is 412 Å². The summed E-state index contributed by atoms with van der Waals surface area (Å²) in [6.07, 6.45) is 73.7. The lowest BCUT2D eigenvalue weighted by atomic mass is 10.1. The maximum atomic E-state index is 12.8. The molecular formula is C61H100O6. The Morgan fingerprint density at radius 1 is 0.313 bits per heavy atom. The first-order chi connectivity index (χ1) is 33.0. The van der Waals surface area contributed by atoms with Crippen molar-refractivity contribution in [2.45, 2.75) is 245 Å². The molecule has 1 atom stereocenters. The van der Waals surface area contributed by atoms with Crippen LogP contribution in [0, 0.1) is 0 Å². The largest absolute Gasteiger partial charge is 0.462 e. The molecule has 6 heteroatoms. The van der Waals surface area contributed by atoms with E-state index in [4.69, 9.17) is 14.2 Å². The first kappa shape index (κ1) is 63.1. The van der Waals surface area contributed by atoms with Crippen LogP contribution in [0.15, 0.2) is 109 Å². The topological polar surface area (TPSA) is 78.9 Å². The second kappa shape index (κ2) is 54.7. The number of carbonyl (C=O) groups excluding carboxylic acids is 3. The van der Waals surface area contributed by atoms with Crippen LogP contribution in [0.4, 0.5) is 0 Å². The van der Waals surface area contributed by atoms with Crippen LogP contribution >= 0.6 is 0 Å². The van der Waals surface area contributed by atoms with Gasteiger partial charge in [-0.2, -0.15) is 0 Å². The van der Waals surface area contributed by atoms with Crippen LogP contribution in [-0.4, -0.2) is 37.2 Å². The minimum Gasteiger partial charge on any atom is -0.462 e. The standard InChI is InChI=1S/C61H100O6/c1-4-7-10-13-16-19-22-25-27-29-31-33-36-39-42-45-48-51-54-60(63)66-57-58(56-65-59(62)53-50-47-44-41-38-35-24-21-18-15-12-9-6-3)67-61(64)55-52-49-46-43-40-37-34-32-30-28-26-23-20-17-14-11-8-5-2/h9,12,15,18,21,24,27-35,38,41,44,58H,4-8,10-11,13-14,16-17,19-20,22-23,25-26,36-37,39-40,42-43,45-57H2,1-3H3/b12-9+,18-15+,24-21+,29-27+,30-28+,33-31+,34-32+,38-35+,44-41+. The van der Waals surface area contributed by atoms with Gasteiger partial charge in [-0.15, -0.1) is 0 Å². The Bertz CT molecular complexity index is 1390. The fourth-order valence-electron chi connectivity index (χ4n) is 7.28. The van der Waals surface area contributed by atoms with E-state index in [1.165, 1.54) is 103 Å². The summed E-state index contributed by atoms with van der Waals surface area (Å²) in [4.78, 5) is 38.0. The van der Waals surface area contributed by atoms with E-state index in [2.05, 4.69) is 75.5 Å². The van der Waals surface area contributed by atoms with Crippen molar-refractivity contribution >= 4 is 17.9 Å². The molecule has 6 nitrogen and oxygen atoms in total. The van der Waals surface area contributed by atoms with Crippen molar-refractivity contribution in [3.05, 3.63) is 109 Å². The van der Waals surface area contributed by atoms with Crippen molar-refractivity contribution in [2.24, 2.45) is 0 Å². The van der Waals surface area contributed by atoms with Gasteiger partial charge in [-0.25, -0.2) is 0 Å². The number of hydrogen-bond donors (Lipinski definition) is 0. The Kier molecular flexibility index (Phi) is 51.5. The highest BCUT2D eigenvalue weighted by atomic mass is 16.6. The zero-order valence-corrected chi connectivity index (χ0v) is 43.4. The monoisotopic (exact) mass is 929 g/mol. The van der Waals surface area contributed by atoms with Gasteiger partial charge in [0.05, 0.1) is 0 Å². The van der Waals surface area contributed by atoms with E-state index in [0.29, 0.717) is 12.8 Å². The SMILES string of the molecule is CC/C=C/C=C/C=C/C=C/C=C/CCCC(=O)OCC(COC(=O)CCCCCCC/C=C/C=C/CCCCCCCCC)OC(=O)CCCCCCC/C=C/C=C/CCCCCCCCC. The molecule has 0 aliphatic carbocycles. The van der Waals surface area contributed by atoms with E-state index < -0.39 is 6.10 Å². The summed E-state index contributed by atoms with van der Waals surface area (Å²) in [5.74, 6) is -1.02. The zero-order valence-electron chi connectivity index (χ0n) is 43.4. The summed E-state index contributed by atoms with van der Waals surface area (Å²) in [5.41, 5.74) is 0. The Morgan fingerprint density at radius 2 is 0.597 bits per heavy atom. The van der Waals surface area contributed by atoms with Crippen molar-refractivity contribution < 1.29 is 28.6 Å². The minimum absolute atomic E-state index is 0.117. The fourth-order valence-corrected chi connectivity index (χ4v) is 7.28. The van der Waals surface area contributed by atoms with Crippen LogP contribution in [0.25, 0.3) is 0 Å². The van der Waals surface area contributed by atoms with E-state index in [-0.39, 0.29) is 44.0 Å². The molecule has 0 saturated carbocycles. The van der Waals surface area contributed by atoms with Crippen molar-refractivity contribution in [1.82, 2.24) is 0 Å². The molecule has 0 saturated heterocycles. The van der Waals surface area contributed by atoms with Gasteiger partial charge in [0.15, 0.2) is 6.10 Å². The Morgan fingerprint density at radius 3 is 0.985 bits per heavy atom. The van der Waals surface area contributed by atoms with E-state index in [0.717, 1.165) is 89.9 Å². The predicted octanol–water partition coefficient (Wildman–Crippen LogP) is 18.3. The molecule has 0 aromatic carbocycles. The van der Waals surface area contributed by atoms with Crippen LogP contribution in [0.3, 0.4) is 0 Å². The van der Waals surface area contributed by atoms with E-state index in [9.17, 15) is 14.4 Å². The lowest BCUT2D eigenvalue weighted by Crippen LogP contribution is -2.30. The average Bonchev–Trinajstić information content (AvgIpc) is 3.33. The molecular weight excluding hydrogens is 829 g/mol. The van der Waals surface area contributed by atoms with Crippen LogP contribution in [0.1, 0.15) is 239 Å². The molecule has 1 unspecified atom stereocenters. The smallest absolute Gasteiger partial charge is 0.306 e. The highest BCUT2D eigenvalue weighted by Crippen LogP contribution is 2.13. The molecule has 0 fully saturated rings. The average molecular weight is 929 g/mol. The van der Waals surface area contributed by atoms with E-state index >= 15 is 0 Å². The predicted molar refractivity (Wildman–Crippen MR) is 288 cm³/mol. The second-order valence-electron chi connectivity index (χ2n) is 17.9. The third-order valence-corrected chi connectivity index (χ3v) is 11.4. The third-order valence-electron chi connectivity index (χ3n) is 11.4. The molecule has 0 aromatic rings. The molecule has 0 amide bonds. The molecule has 0 aliphatic heterocycles. The number of allylic oxidation sites excluding steroid dienone is 18. The van der Waals surface area contributed by atoms with Crippen molar-refractivity contribution in [2.75, 3.05) is 13.2 Å². The van der Waals surface area contributed by atoms with Crippen LogP contribution < -0.4 is 0 Å². The number of ether oxygens (including phenoxy) is 3. The normalized spacial score (nSPS) is 12.9. The van der Waals surface area contributed by atoms with Crippen LogP contribution in [0.5, 0.6) is 0 Å². The van der Waals surface area contributed by atoms with Crippen molar-refractivity contribution in [3.63, 3.8) is 0 Å². The first-order valence-electron chi connectivity index (χ1n) is 27.5. The van der Waals surface area contributed by atoms with Gasteiger partial charge in [0.2, 0.25) is 0 Å². The molecule has 0 bridgehead atoms. The summed E-state index contributed by atoms with van der Waals surface area (Å²) < 4.78 is 16.7. The molecule has 0 spiro atoms. The minimum atomic E-state index is -0.824. The van der Waals surface area contributed by atoms with E-state index in [1.54, 1.807) is 0 Å². The number of hydrogen-bond acceptors (Lipinski definition) is 6. The van der Waals surface area contributed by atoms with Crippen molar-refractivity contribution in [1.29, 1.82) is 0 Å². The van der Waals surface area contributed by atoms with Gasteiger partial charge < -0.3 is 14.2 Å². The quantitative estimate of drug-likeness (QED) is 0.0262. The van der Waals surface area contributed by atoms with Gasteiger partial charge in [0.25, 0.3) is 0 Å². The number of rotatable bonds is 48. The van der Waals surface area contributed by atoms with Gasteiger partial charge in [-0.05, 0) is 83.5 Å². The summed E-state index contributed by atoms with van der Waals surface area (Å²) in [6, 6.07) is 0. The van der Waals surface area contributed by atoms with Gasteiger partial charge >= 0.3 is 17.9 Å². The van der Waals surface area contributed by atoms with E-state index in [1.807, 2.05) is 54.7 Å². The highest BCUT2D eigenvalue weighted by Gasteiger charge is 2.19. The van der Waals surface area contributed by atoms with Crippen LogP contribution in [0.2, 0.25) is 0 Å². The molecule has 0 radical (unpaired) electrons. The van der Waals surface area contributed by atoms with Gasteiger partial charge in [-0.3, -0.25) is 14.4 Å². The van der Waals surface area contributed by atoms with Gasteiger partial charge in [0.1, 0.15) is 13.2 Å². The van der Waals surface area contributed by atoms with Gasteiger partial charge in [0, 0.05) is 19.3 Å². The Balaban J connectivity index is 4.52. The summed E-state index contributed by atoms with van der Waals surface area (Å²) >= 11 is 0. The zero-order chi connectivity index (χ0) is 48.6. The van der Waals surface area contributed by atoms with Gasteiger partial charge in [-0.1, -0.05) is 246 Å². The summed E-state index contributed by atoms with van der Waals surface area (Å²) in [5, 5.41) is 0. The number of carbonyl (C=O) groups is 3. The summed E-state index contributed by atoms with van der Waals surface area (Å²) in [6.45, 7) is 6.39. The number of esters is 3. The summed E-state index contributed by atoms with van der Waals surface area (Å²) in [7, 11) is 0. The lowest BCUT2D eigenvalue weighted by Gasteiger charge is -2.18. The Hall–Kier alpha value is -3.93. The highest BCUT2D eigenvalue weighted by molar-refractivity contribution is 5.71. The maximum Gasteiger partial charge on any atom is 0.306 e. The molecule has 0 rings (SSSR count). The maximum absolute atomic E-state index is 12.8. The first-order valence-corrected chi connectivity index (χ1v) is 27.5. The molecule has 380 valence electrons. The second-order valence-corrected chi connectivity index (χ2v) is 17.9. The van der Waals surface area contributed by atoms with Crippen molar-refractivity contribution in [3.8, 4) is 0 Å².